The molecule has 21 heavy (non-hydrogen) atoms. The molecule has 1 heterocycles. The number of ether oxygens (including phenoxy) is 3. The van der Waals surface area contributed by atoms with Crippen molar-refractivity contribution in [2.75, 3.05) is 14.2 Å². The fourth-order valence-electron chi connectivity index (χ4n) is 2.14. The maximum atomic E-state index is 5.88. The number of benzene rings is 1. The number of nitrogens with zero attached hydrogens (tertiary/aromatic N) is 2. The number of nitrogens with two attached hydrogens (primary N) is 1. The van der Waals surface area contributed by atoms with E-state index in [1.54, 1.807) is 18.9 Å². The van der Waals surface area contributed by atoms with E-state index in [4.69, 9.17) is 19.9 Å². The van der Waals surface area contributed by atoms with Gasteiger partial charge in [0.1, 0.15) is 6.61 Å². The van der Waals surface area contributed by atoms with E-state index in [1.807, 2.05) is 32.2 Å². The van der Waals surface area contributed by atoms with E-state index in [0.717, 1.165) is 17.0 Å². The Bertz CT molecular complexity index is 598. The Labute approximate surface area is 124 Å². The molecule has 0 unspecified atom stereocenters. The van der Waals surface area contributed by atoms with Crippen LogP contribution in [0.2, 0.25) is 0 Å². The van der Waals surface area contributed by atoms with Gasteiger partial charge in [0.15, 0.2) is 11.5 Å². The van der Waals surface area contributed by atoms with Gasteiger partial charge in [-0.25, -0.2) is 0 Å². The zero-order valence-electron chi connectivity index (χ0n) is 12.8. The molecular weight excluding hydrogens is 270 g/mol. The van der Waals surface area contributed by atoms with Crippen LogP contribution < -0.4 is 19.9 Å². The van der Waals surface area contributed by atoms with Gasteiger partial charge in [-0.1, -0.05) is 0 Å². The second-order valence-corrected chi connectivity index (χ2v) is 4.72. The summed E-state index contributed by atoms with van der Waals surface area (Å²) in [5, 5.41) is 4.29. The number of rotatable bonds is 6. The van der Waals surface area contributed by atoms with Crippen molar-refractivity contribution in [2.24, 2.45) is 12.8 Å². The minimum atomic E-state index is 0.381. The molecule has 2 aromatic rings. The molecule has 0 aliphatic heterocycles. The summed E-state index contributed by atoms with van der Waals surface area (Å²) in [6.45, 7) is 2.74. The third kappa shape index (κ3) is 3.28. The maximum absolute atomic E-state index is 5.88. The highest BCUT2D eigenvalue weighted by Crippen LogP contribution is 2.39. The Morgan fingerprint density at radius 2 is 1.76 bits per heavy atom. The molecule has 0 amide bonds. The smallest absolute Gasteiger partial charge is 0.203 e. The highest BCUT2D eigenvalue weighted by Gasteiger charge is 2.15. The average Bonchev–Trinajstić information content (AvgIpc) is 2.81. The molecule has 1 aromatic heterocycles. The predicted molar refractivity (Wildman–Crippen MR) is 79.7 cm³/mol. The van der Waals surface area contributed by atoms with Crippen LogP contribution in [0, 0.1) is 6.92 Å². The van der Waals surface area contributed by atoms with Gasteiger partial charge in [0.2, 0.25) is 5.75 Å². The van der Waals surface area contributed by atoms with Gasteiger partial charge in [-0.3, -0.25) is 4.68 Å². The van der Waals surface area contributed by atoms with E-state index in [9.17, 15) is 0 Å². The molecule has 2 N–H and O–H groups in total. The first-order valence-corrected chi connectivity index (χ1v) is 6.66. The highest BCUT2D eigenvalue weighted by molar-refractivity contribution is 5.53. The molecule has 0 aliphatic carbocycles. The summed E-state index contributed by atoms with van der Waals surface area (Å²) >= 11 is 0. The molecular formula is C15H21N3O3. The quantitative estimate of drug-likeness (QED) is 0.878. The number of aryl methyl sites for hydroxylation is 2. The molecule has 6 nitrogen and oxygen atoms in total. The fraction of sp³-hybridized carbons (Fsp3) is 0.400. The average molecular weight is 291 g/mol. The molecule has 1 aromatic carbocycles. The molecule has 0 saturated carbocycles. The summed E-state index contributed by atoms with van der Waals surface area (Å²) in [5.41, 5.74) is 8.52. The number of methoxy groups -OCH3 is 2. The molecule has 0 saturated heterocycles. The number of aromatic nitrogens is 2. The zero-order chi connectivity index (χ0) is 15.4. The van der Waals surface area contributed by atoms with E-state index >= 15 is 0 Å². The van der Waals surface area contributed by atoms with Gasteiger partial charge >= 0.3 is 0 Å². The number of hydrogen-bond donors (Lipinski definition) is 1. The Morgan fingerprint density at radius 3 is 2.19 bits per heavy atom. The summed E-state index contributed by atoms with van der Waals surface area (Å²) in [6, 6.07) is 5.69. The van der Waals surface area contributed by atoms with Crippen molar-refractivity contribution in [1.82, 2.24) is 9.78 Å². The van der Waals surface area contributed by atoms with Crippen molar-refractivity contribution in [2.45, 2.75) is 20.1 Å². The molecule has 0 bridgehead atoms. The van der Waals surface area contributed by atoms with Gasteiger partial charge in [-0.15, -0.1) is 0 Å². The second kappa shape index (κ2) is 6.49. The Hall–Kier alpha value is -2.21. The van der Waals surface area contributed by atoms with Crippen LogP contribution in [-0.4, -0.2) is 24.0 Å². The van der Waals surface area contributed by atoms with Gasteiger partial charge in [0, 0.05) is 13.6 Å². The largest absolute Gasteiger partial charge is 0.493 e. The molecule has 6 heteroatoms. The van der Waals surface area contributed by atoms with Crippen LogP contribution in [0.4, 0.5) is 0 Å². The standard InChI is InChI=1S/C15H21N3O3/c1-10-5-12(18(2)17-10)9-21-15-13(19-3)6-11(8-16)7-14(15)20-4/h5-7H,8-9,16H2,1-4H3. The molecule has 114 valence electrons. The van der Waals surface area contributed by atoms with E-state index in [1.165, 1.54) is 0 Å². The van der Waals surface area contributed by atoms with Crippen molar-refractivity contribution in [3.63, 3.8) is 0 Å². The molecule has 0 fully saturated rings. The van der Waals surface area contributed by atoms with E-state index in [2.05, 4.69) is 5.10 Å². The monoisotopic (exact) mass is 291 g/mol. The Morgan fingerprint density at radius 1 is 1.14 bits per heavy atom. The summed E-state index contributed by atoms with van der Waals surface area (Å²) < 4.78 is 18.4. The van der Waals surface area contributed by atoms with Gasteiger partial charge < -0.3 is 19.9 Å². The van der Waals surface area contributed by atoms with Crippen molar-refractivity contribution in [1.29, 1.82) is 0 Å². The van der Waals surface area contributed by atoms with E-state index in [0.29, 0.717) is 30.4 Å². The lowest BCUT2D eigenvalue weighted by atomic mass is 10.2. The van der Waals surface area contributed by atoms with Crippen LogP contribution in [-0.2, 0) is 20.2 Å². The van der Waals surface area contributed by atoms with Crippen LogP contribution in [0.1, 0.15) is 17.0 Å². The Kier molecular flexibility index (Phi) is 4.70. The maximum Gasteiger partial charge on any atom is 0.203 e. The first kappa shape index (κ1) is 15.2. The lowest BCUT2D eigenvalue weighted by Gasteiger charge is -2.15. The summed E-state index contributed by atoms with van der Waals surface area (Å²) in [5.74, 6) is 1.78. The normalized spacial score (nSPS) is 10.5. The van der Waals surface area contributed by atoms with Crippen molar-refractivity contribution in [3.05, 3.63) is 35.2 Å². The van der Waals surface area contributed by atoms with Crippen molar-refractivity contribution < 1.29 is 14.2 Å². The first-order valence-electron chi connectivity index (χ1n) is 6.66. The molecule has 0 radical (unpaired) electrons. The lowest BCUT2D eigenvalue weighted by Crippen LogP contribution is -2.06. The molecule has 0 spiro atoms. The zero-order valence-corrected chi connectivity index (χ0v) is 12.8. The van der Waals surface area contributed by atoms with Crippen LogP contribution in [0.5, 0.6) is 17.2 Å². The van der Waals surface area contributed by atoms with Crippen molar-refractivity contribution >= 4 is 0 Å². The minimum absolute atomic E-state index is 0.381. The summed E-state index contributed by atoms with van der Waals surface area (Å²) in [7, 11) is 5.07. The molecule has 0 aliphatic rings. The van der Waals surface area contributed by atoms with Gasteiger partial charge in [-0.2, -0.15) is 5.10 Å². The van der Waals surface area contributed by atoms with Crippen LogP contribution >= 0.6 is 0 Å². The molecule has 2 rings (SSSR count). The summed E-state index contributed by atoms with van der Waals surface area (Å²) in [4.78, 5) is 0. The van der Waals surface area contributed by atoms with Crippen molar-refractivity contribution in [3.8, 4) is 17.2 Å². The van der Waals surface area contributed by atoms with Gasteiger partial charge in [-0.05, 0) is 30.7 Å². The predicted octanol–water partition coefficient (Wildman–Crippen LogP) is 1.78. The fourth-order valence-corrected chi connectivity index (χ4v) is 2.14. The lowest BCUT2D eigenvalue weighted by molar-refractivity contribution is 0.258. The first-order chi connectivity index (χ1) is 10.1. The van der Waals surface area contributed by atoms with Gasteiger partial charge in [0.25, 0.3) is 0 Å². The third-order valence-electron chi connectivity index (χ3n) is 3.22. The summed E-state index contributed by atoms with van der Waals surface area (Å²) in [6.07, 6.45) is 0. The highest BCUT2D eigenvalue weighted by atomic mass is 16.5. The molecule has 0 atom stereocenters. The van der Waals surface area contributed by atoms with Crippen LogP contribution in [0.15, 0.2) is 18.2 Å². The van der Waals surface area contributed by atoms with E-state index in [-0.39, 0.29) is 0 Å². The SMILES string of the molecule is COc1cc(CN)cc(OC)c1OCc1cc(C)nn1C. The van der Waals surface area contributed by atoms with E-state index < -0.39 is 0 Å². The topological polar surface area (TPSA) is 71.5 Å². The second-order valence-electron chi connectivity index (χ2n) is 4.72. The Balaban J connectivity index is 2.28. The van der Waals surface area contributed by atoms with Crippen LogP contribution in [0.25, 0.3) is 0 Å². The third-order valence-corrected chi connectivity index (χ3v) is 3.22. The van der Waals surface area contributed by atoms with Gasteiger partial charge in [0.05, 0.1) is 25.6 Å². The van der Waals surface area contributed by atoms with Crippen LogP contribution in [0.3, 0.4) is 0 Å². The minimum Gasteiger partial charge on any atom is -0.493 e. The number of hydrogen-bond acceptors (Lipinski definition) is 5.